The van der Waals surface area contributed by atoms with E-state index >= 15 is 0 Å². The average Bonchev–Trinajstić information content (AvgIpc) is 1.95. The summed E-state index contributed by atoms with van der Waals surface area (Å²) >= 11 is 0. The summed E-state index contributed by atoms with van der Waals surface area (Å²) in [6.07, 6.45) is 0.545. The number of hydrogen-bond donors (Lipinski definition) is 1. The molecule has 1 rings (SSSR count). The highest BCUT2D eigenvalue weighted by Gasteiger charge is 2.35. The quantitative estimate of drug-likeness (QED) is 0.648. The van der Waals surface area contributed by atoms with E-state index in [1.807, 2.05) is 6.92 Å². The summed E-state index contributed by atoms with van der Waals surface area (Å²) < 4.78 is 0. The fourth-order valence-electron chi connectivity index (χ4n) is 1.55. The largest absolute Gasteiger partial charge is 0.388 e. The van der Waals surface area contributed by atoms with Crippen LogP contribution in [0.3, 0.4) is 0 Å². The molecule has 0 aromatic heterocycles. The van der Waals surface area contributed by atoms with Crippen molar-refractivity contribution in [3.63, 3.8) is 0 Å². The summed E-state index contributed by atoms with van der Waals surface area (Å²) in [5.41, 5.74) is -0.527. The van der Waals surface area contributed by atoms with Crippen molar-refractivity contribution in [2.24, 2.45) is 0 Å². The van der Waals surface area contributed by atoms with Crippen LogP contribution in [-0.2, 0) is 4.79 Å². The number of amides is 1. The number of carbonyl (C=O) groups excluding carboxylic acids is 1. The Morgan fingerprint density at radius 1 is 1.54 bits per heavy atom. The molecule has 76 valence electrons. The van der Waals surface area contributed by atoms with Crippen LogP contribution in [0.15, 0.2) is 0 Å². The van der Waals surface area contributed by atoms with Crippen molar-refractivity contribution in [3.05, 3.63) is 0 Å². The normalized spacial score (nSPS) is 20.9. The number of rotatable bonds is 3. The van der Waals surface area contributed by atoms with E-state index in [1.165, 1.54) is 0 Å². The van der Waals surface area contributed by atoms with Crippen LogP contribution < -0.4 is 0 Å². The van der Waals surface area contributed by atoms with Crippen LogP contribution in [0.1, 0.15) is 13.3 Å². The van der Waals surface area contributed by atoms with Crippen LogP contribution in [0.25, 0.3) is 0 Å². The minimum atomic E-state index is -0.527. The van der Waals surface area contributed by atoms with E-state index in [0.29, 0.717) is 19.5 Å². The molecule has 0 aromatic rings. The number of likely N-dealkylation sites (tertiary alicyclic amines) is 1. The Morgan fingerprint density at radius 2 is 2.08 bits per heavy atom. The van der Waals surface area contributed by atoms with Gasteiger partial charge < -0.3 is 10.0 Å². The van der Waals surface area contributed by atoms with Crippen LogP contribution in [0, 0.1) is 0 Å². The molecule has 4 nitrogen and oxygen atoms in total. The maximum atomic E-state index is 11.2. The Bertz CT molecular complexity index is 194. The van der Waals surface area contributed by atoms with Crippen LogP contribution in [0.2, 0.25) is 0 Å². The van der Waals surface area contributed by atoms with Gasteiger partial charge in [0.05, 0.1) is 5.60 Å². The molecule has 0 radical (unpaired) electrons. The van der Waals surface area contributed by atoms with Crippen LogP contribution in [0.4, 0.5) is 0 Å². The second-order valence-corrected chi connectivity index (χ2v) is 4.25. The van der Waals surface area contributed by atoms with Crippen molar-refractivity contribution in [1.29, 1.82) is 0 Å². The minimum absolute atomic E-state index is 0.145. The van der Waals surface area contributed by atoms with E-state index in [1.54, 1.807) is 19.0 Å². The molecule has 0 saturated carbocycles. The van der Waals surface area contributed by atoms with Crippen LogP contribution in [-0.4, -0.2) is 60.1 Å². The van der Waals surface area contributed by atoms with Gasteiger partial charge >= 0.3 is 0 Å². The Hall–Kier alpha value is -0.610. The van der Waals surface area contributed by atoms with Gasteiger partial charge in [-0.05, 0) is 6.92 Å². The highest BCUT2D eigenvalue weighted by Crippen LogP contribution is 2.19. The molecular weight excluding hydrogens is 168 g/mol. The molecule has 4 heteroatoms. The summed E-state index contributed by atoms with van der Waals surface area (Å²) in [7, 11) is 3.52. The van der Waals surface area contributed by atoms with Gasteiger partial charge in [0, 0.05) is 40.2 Å². The first kappa shape index (κ1) is 10.5. The number of β-amino-alcohol motifs (C(OH)–C–C–N with tert-alkyl or cyclic N) is 1. The molecule has 0 atom stereocenters. The maximum Gasteiger partial charge on any atom is 0.223 e. The lowest BCUT2D eigenvalue weighted by molar-refractivity contribution is -0.131. The number of hydrogen-bond acceptors (Lipinski definition) is 3. The Morgan fingerprint density at radius 3 is 2.46 bits per heavy atom. The zero-order valence-corrected chi connectivity index (χ0v) is 8.58. The molecule has 0 unspecified atom stereocenters. The molecule has 0 spiro atoms. The summed E-state index contributed by atoms with van der Waals surface area (Å²) in [6, 6.07) is 0. The standard InChI is InChI=1S/C9H18N2O2/c1-9(13)6-11(7-9)5-4-8(12)10(2)3/h13H,4-7H2,1-3H3. The third-order valence-electron chi connectivity index (χ3n) is 2.27. The molecule has 1 N–H and O–H groups in total. The summed E-state index contributed by atoms with van der Waals surface area (Å²) in [4.78, 5) is 14.9. The zero-order valence-electron chi connectivity index (χ0n) is 8.58. The Kier molecular flexibility index (Phi) is 2.93. The molecule has 0 aliphatic carbocycles. The molecule has 1 amide bonds. The summed E-state index contributed by atoms with van der Waals surface area (Å²) in [5, 5.41) is 9.42. The average molecular weight is 186 g/mol. The number of nitrogens with zero attached hydrogens (tertiary/aromatic N) is 2. The monoisotopic (exact) mass is 186 g/mol. The van der Waals surface area contributed by atoms with Gasteiger partial charge in [-0.15, -0.1) is 0 Å². The van der Waals surface area contributed by atoms with Gasteiger partial charge in [-0.25, -0.2) is 0 Å². The van der Waals surface area contributed by atoms with Gasteiger partial charge in [0.25, 0.3) is 0 Å². The molecule has 1 aliphatic heterocycles. The first-order chi connectivity index (χ1) is 5.91. The summed E-state index contributed by atoms with van der Waals surface area (Å²) in [6.45, 7) is 3.95. The van der Waals surface area contributed by atoms with Gasteiger partial charge in [0.1, 0.15) is 0 Å². The van der Waals surface area contributed by atoms with Crippen molar-refractivity contribution in [3.8, 4) is 0 Å². The van der Waals surface area contributed by atoms with Crippen molar-refractivity contribution >= 4 is 5.91 Å². The number of carbonyl (C=O) groups is 1. The van der Waals surface area contributed by atoms with Crippen molar-refractivity contribution in [2.75, 3.05) is 33.7 Å². The predicted octanol–water partition coefficient (Wildman–Crippen LogP) is -0.469. The van der Waals surface area contributed by atoms with E-state index in [2.05, 4.69) is 4.90 Å². The minimum Gasteiger partial charge on any atom is -0.388 e. The molecule has 1 aliphatic rings. The van der Waals surface area contributed by atoms with Crippen LogP contribution in [0.5, 0.6) is 0 Å². The molecule has 13 heavy (non-hydrogen) atoms. The fourth-order valence-corrected chi connectivity index (χ4v) is 1.55. The molecule has 1 fully saturated rings. The fraction of sp³-hybridized carbons (Fsp3) is 0.889. The maximum absolute atomic E-state index is 11.2. The van der Waals surface area contributed by atoms with Crippen molar-refractivity contribution in [2.45, 2.75) is 18.9 Å². The SMILES string of the molecule is CN(C)C(=O)CCN1CC(C)(O)C1. The van der Waals surface area contributed by atoms with E-state index in [4.69, 9.17) is 0 Å². The third-order valence-corrected chi connectivity index (χ3v) is 2.27. The lowest BCUT2D eigenvalue weighted by atomic mass is 9.97. The Balaban J connectivity index is 2.12. The van der Waals surface area contributed by atoms with E-state index in [9.17, 15) is 9.90 Å². The molecule has 1 saturated heterocycles. The molecule has 1 heterocycles. The second-order valence-electron chi connectivity index (χ2n) is 4.25. The van der Waals surface area contributed by atoms with E-state index in [0.717, 1.165) is 6.54 Å². The topological polar surface area (TPSA) is 43.8 Å². The first-order valence-corrected chi connectivity index (χ1v) is 4.56. The predicted molar refractivity (Wildman–Crippen MR) is 50.4 cm³/mol. The summed E-state index contributed by atoms with van der Waals surface area (Å²) in [5.74, 6) is 0.145. The molecular formula is C9H18N2O2. The van der Waals surface area contributed by atoms with Crippen molar-refractivity contribution in [1.82, 2.24) is 9.80 Å². The van der Waals surface area contributed by atoms with Gasteiger partial charge in [-0.1, -0.05) is 0 Å². The number of aliphatic hydroxyl groups is 1. The molecule has 0 bridgehead atoms. The zero-order chi connectivity index (χ0) is 10.1. The van der Waals surface area contributed by atoms with E-state index < -0.39 is 5.60 Å². The molecule has 0 aromatic carbocycles. The van der Waals surface area contributed by atoms with E-state index in [-0.39, 0.29) is 5.91 Å². The van der Waals surface area contributed by atoms with Crippen LogP contribution >= 0.6 is 0 Å². The van der Waals surface area contributed by atoms with Crippen molar-refractivity contribution < 1.29 is 9.90 Å². The lowest BCUT2D eigenvalue weighted by Crippen LogP contribution is -2.60. The second kappa shape index (κ2) is 3.64. The van der Waals surface area contributed by atoms with Gasteiger partial charge in [-0.2, -0.15) is 0 Å². The highest BCUT2D eigenvalue weighted by atomic mass is 16.3. The smallest absolute Gasteiger partial charge is 0.223 e. The Labute approximate surface area is 79.1 Å². The van der Waals surface area contributed by atoms with Gasteiger partial charge in [0.2, 0.25) is 5.91 Å². The lowest BCUT2D eigenvalue weighted by Gasteiger charge is -2.44. The third kappa shape index (κ3) is 2.97. The van der Waals surface area contributed by atoms with Gasteiger partial charge in [-0.3, -0.25) is 9.69 Å². The van der Waals surface area contributed by atoms with Gasteiger partial charge in [0.15, 0.2) is 0 Å². The first-order valence-electron chi connectivity index (χ1n) is 4.56. The highest BCUT2D eigenvalue weighted by molar-refractivity contribution is 5.75.